The van der Waals surface area contributed by atoms with Crippen molar-refractivity contribution in [3.05, 3.63) is 29.9 Å². The van der Waals surface area contributed by atoms with Crippen LogP contribution in [0.4, 0.5) is 5.95 Å². The maximum atomic E-state index is 12.1. The second-order valence-corrected chi connectivity index (χ2v) is 6.85. The van der Waals surface area contributed by atoms with Crippen LogP contribution < -0.4 is 9.62 Å². The number of hydrogen-bond donors (Lipinski definition) is 1. The van der Waals surface area contributed by atoms with Gasteiger partial charge in [0.2, 0.25) is 16.0 Å². The number of rotatable bonds is 5. The van der Waals surface area contributed by atoms with Gasteiger partial charge in [0.25, 0.3) is 0 Å². The molecule has 0 aromatic carbocycles. The molecular formula is C13H17N5O4S. The highest BCUT2D eigenvalue weighted by Gasteiger charge is 2.18. The zero-order chi connectivity index (χ0) is 16.3. The number of hydrogen-bond acceptors (Lipinski definition) is 8. The Morgan fingerprint density at radius 1 is 1.30 bits per heavy atom. The van der Waals surface area contributed by atoms with Gasteiger partial charge in [0.05, 0.1) is 31.6 Å². The summed E-state index contributed by atoms with van der Waals surface area (Å²) in [6.45, 7) is 4.61. The van der Waals surface area contributed by atoms with Gasteiger partial charge < -0.3 is 14.2 Å². The van der Waals surface area contributed by atoms with Gasteiger partial charge in [0, 0.05) is 18.8 Å². The Hall–Kier alpha value is -2.04. The minimum Gasteiger partial charge on any atom is -0.378 e. The third-order valence-electron chi connectivity index (χ3n) is 3.35. The minimum absolute atomic E-state index is 0.0170. The summed E-state index contributed by atoms with van der Waals surface area (Å²) < 4.78 is 36.5. The average Bonchev–Trinajstić information content (AvgIpc) is 3.09. The van der Waals surface area contributed by atoms with Gasteiger partial charge in [-0.3, -0.25) is 0 Å². The zero-order valence-corrected chi connectivity index (χ0v) is 13.4. The monoisotopic (exact) mass is 339 g/mol. The topological polar surface area (TPSA) is 110 Å². The zero-order valence-electron chi connectivity index (χ0n) is 12.6. The van der Waals surface area contributed by atoms with Crippen molar-refractivity contribution in [2.45, 2.75) is 18.4 Å². The number of aryl methyl sites for hydroxylation is 1. The van der Waals surface area contributed by atoms with E-state index in [2.05, 4.69) is 24.4 Å². The van der Waals surface area contributed by atoms with Crippen LogP contribution in [-0.2, 0) is 21.3 Å². The first kappa shape index (κ1) is 15.8. The first-order valence-electron chi connectivity index (χ1n) is 7.11. The second-order valence-electron chi connectivity index (χ2n) is 5.08. The number of sulfonamides is 1. The number of nitrogens with zero attached hydrogens (tertiary/aromatic N) is 4. The van der Waals surface area contributed by atoms with Gasteiger partial charge in [-0.1, -0.05) is 5.16 Å². The Kier molecular flexibility index (Phi) is 4.55. The molecule has 124 valence electrons. The molecule has 23 heavy (non-hydrogen) atoms. The Balaban J connectivity index is 1.74. The fourth-order valence-electron chi connectivity index (χ4n) is 2.19. The van der Waals surface area contributed by atoms with Crippen LogP contribution in [-0.4, -0.2) is 49.8 Å². The summed E-state index contributed by atoms with van der Waals surface area (Å²) in [5.41, 5.74) is 1.37. The van der Waals surface area contributed by atoms with Crippen LogP contribution in [0.25, 0.3) is 0 Å². The Morgan fingerprint density at radius 3 is 2.78 bits per heavy atom. The lowest BCUT2D eigenvalue weighted by atomic mass is 10.3. The molecule has 2 aromatic rings. The summed E-state index contributed by atoms with van der Waals surface area (Å²) in [5, 5.41) is 3.39. The van der Waals surface area contributed by atoms with Crippen molar-refractivity contribution in [3.8, 4) is 0 Å². The highest BCUT2D eigenvalue weighted by atomic mass is 32.2. The lowest BCUT2D eigenvalue weighted by molar-refractivity contribution is 0.122. The molecule has 3 heterocycles. The molecule has 1 aliphatic heterocycles. The molecule has 0 unspecified atom stereocenters. The van der Waals surface area contributed by atoms with E-state index in [9.17, 15) is 8.42 Å². The third-order valence-corrected chi connectivity index (χ3v) is 4.70. The molecule has 9 nitrogen and oxygen atoms in total. The van der Waals surface area contributed by atoms with Crippen molar-refractivity contribution in [1.82, 2.24) is 19.8 Å². The Labute approximate surface area is 133 Å². The summed E-state index contributed by atoms with van der Waals surface area (Å²) in [4.78, 5) is 10.8. The van der Waals surface area contributed by atoms with Crippen molar-refractivity contribution < 1.29 is 17.7 Å². The van der Waals surface area contributed by atoms with E-state index in [-0.39, 0.29) is 11.4 Å². The molecule has 0 aliphatic carbocycles. The molecule has 2 aromatic heterocycles. The van der Waals surface area contributed by atoms with Gasteiger partial charge in [-0.25, -0.2) is 23.1 Å². The molecule has 3 rings (SSSR count). The van der Waals surface area contributed by atoms with E-state index in [0.29, 0.717) is 24.9 Å². The SMILES string of the molecule is Cc1cc(CNS(=O)(=O)c2cnoc2)nc(N2CCOCC2)n1. The predicted molar refractivity (Wildman–Crippen MR) is 80.3 cm³/mol. The molecule has 0 atom stereocenters. The van der Waals surface area contributed by atoms with Crippen molar-refractivity contribution in [2.75, 3.05) is 31.2 Å². The summed E-state index contributed by atoms with van der Waals surface area (Å²) in [5.74, 6) is 0.590. The lowest BCUT2D eigenvalue weighted by Gasteiger charge is -2.27. The maximum absolute atomic E-state index is 12.1. The van der Waals surface area contributed by atoms with E-state index in [1.807, 2.05) is 11.8 Å². The molecular weight excluding hydrogens is 322 g/mol. The average molecular weight is 339 g/mol. The molecule has 1 N–H and O–H groups in total. The van der Waals surface area contributed by atoms with E-state index in [1.54, 1.807) is 6.07 Å². The minimum atomic E-state index is -3.67. The highest BCUT2D eigenvalue weighted by Crippen LogP contribution is 2.13. The van der Waals surface area contributed by atoms with Gasteiger partial charge in [-0.2, -0.15) is 0 Å². The Bertz CT molecular complexity index is 757. The summed E-state index contributed by atoms with van der Waals surface area (Å²) in [7, 11) is -3.67. The van der Waals surface area contributed by atoms with Gasteiger partial charge in [0.15, 0.2) is 0 Å². The van der Waals surface area contributed by atoms with Gasteiger partial charge in [-0.05, 0) is 13.0 Å². The number of nitrogens with one attached hydrogen (secondary N) is 1. The normalized spacial score (nSPS) is 15.8. The van der Waals surface area contributed by atoms with E-state index in [4.69, 9.17) is 4.74 Å². The van der Waals surface area contributed by atoms with Crippen LogP contribution in [0.1, 0.15) is 11.4 Å². The maximum Gasteiger partial charge on any atom is 0.245 e. The largest absolute Gasteiger partial charge is 0.378 e. The fraction of sp³-hybridized carbons (Fsp3) is 0.462. The van der Waals surface area contributed by atoms with E-state index < -0.39 is 10.0 Å². The first-order chi connectivity index (χ1) is 11.0. The molecule has 1 fully saturated rings. The smallest absolute Gasteiger partial charge is 0.245 e. The van der Waals surface area contributed by atoms with Crippen LogP contribution in [0.15, 0.2) is 27.9 Å². The Morgan fingerprint density at radius 2 is 2.09 bits per heavy atom. The standard InChI is InChI=1S/C13H17N5O4S/c1-10-6-11(7-15-23(19,20)12-8-14-22-9-12)17-13(16-10)18-2-4-21-5-3-18/h6,8-9,15H,2-5,7H2,1H3. The fourth-order valence-corrected chi connectivity index (χ4v) is 3.05. The summed E-state index contributed by atoms with van der Waals surface area (Å²) in [6, 6.07) is 1.75. The molecule has 0 saturated carbocycles. The summed E-state index contributed by atoms with van der Waals surface area (Å²) >= 11 is 0. The van der Waals surface area contributed by atoms with Gasteiger partial charge >= 0.3 is 0 Å². The molecule has 0 amide bonds. The van der Waals surface area contributed by atoms with E-state index >= 15 is 0 Å². The van der Waals surface area contributed by atoms with Gasteiger partial charge in [0.1, 0.15) is 11.2 Å². The number of anilines is 1. The van der Waals surface area contributed by atoms with Crippen molar-refractivity contribution in [3.63, 3.8) is 0 Å². The van der Waals surface area contributed by atoms with Crippen LogP contribution in [0, 0.1) is 6.92 Å². The first-order valence-corrected chi connectivity index (χ1v) is 8.59. The molecule has 10 heteroatoms. The quantitative estimate of drug-likeness (QED) is 0.816. The number of morpholine rings is 1. The van der Waals surface area contributed by atoms with E-state index in [1.165, 1.54) is 0 Å². The van der Waals surface area contributed by atoms with Crippen molar-refractivity contribution >= 4 is 16.0 Å². The molecule has 0 radical (unpaired) electrons. The van der Waals surface area contributed by atoms with Crippen LogP contribution in [0.3, 0.4) is 0 Å². The van der Waals surface area contributed by atoms with Crippen LogP contribution >= 0.6 is 0 Å². The molecule has 1 saturated heterocycles. The predicted octanol–water partition coefficient (Wildman–Crippen LogP) is 0.0881. The van der Waals surface area contributed by atoms with Crippen molar-refractivity contribution in [1.29, 1.82) is 0 Å². The third kappa shape index (κ3) is 3.84. The molecule has 0 bridgehead atoms. The lowest BCUT2D eigenvalue weighted by Crippen LogP contribution is -2.37. The molecule has 1 aliphatic rings. The van der Waals surface area contributed by atoms with Crippen LogP contribution in [0.2, 0.25) is 0 Å². The van der Waals surface area contributed by atoms with E-state index in [0.717, 1.165) is 31.2 Å². The van der Waals surface area contributed by atoms with Gasteiger partial charge in [-0.15, -0.1) is 0 Å². The number of aromatic nitrogens is 3. The summed E-state index contributed by atoms with van der Waals surface area (Å²) in [6.07, 6.45) is 2.22. The highest BCUT2D eigenvalue weighted by molar-refractivity contribution is 7.89. The molecule has 0 spiro atoms. The second kappa shape index (κ2) is 6.60. The van der Waals surface area contributed by atoms with Crippen molar-refractivity contribution in [2.24, 2.45) is 0 Å². The number of ether oxygens (including phenoxy) is 1. The van der Waals surface area contributed by atoms with Crippen LogP contribution in [0.5, 0.6) is 0 Å².